The molecule has 0 amide bonds. The molecule has 5 aromatic rings. The highest BCUT2D eigenvalue weighted by Crippen LogP contribution is 2.29. The van der Waals surface area contributed by atoms with Gasteiger partial charge in [-0.05, 0) is 30.0 Å². The van der Waals surface area contributed by atoms with Gasteiger partial charge in [-0.15, -0.1) is 12.4 Å². The van der Waals surface area contributed by atoms with Crippen LogP contribution < -0.4 is 9.67 Å². The maximum Gasteiger partial charge on any atom is 0.204 e. The van der Waals surface area contributed by atoms with Gasteiger partial charge in [0.05, 0.1) is 6.54 Å². The summed E-state index contributed by atoms with van der Waals surface area (Å²) < 4.78 is 4.02. The normalized spacial score (nSPS) is 12.3. The summed E-state index contributed by atoms with van der Waals surface area (Å²) in [6.07, 6.45) is 1.23. The van der Waals surface area contributed by atoms with Crippen molar-refractivity contribution in [3.8, 4) is 5.75 Å². The Morgan fingerprint density at radius 1 is 0.828 bits per heavy atom. The van der Waals surface area contributed by atoms with Crippen molar-refractivity contribution in [1.82, 2.24) is 4.57 Å². The number of aromatic nitrogens is 2. The van der Waals surface area contributed by atoms with Crippen molar-refractivity contribution in [3.63, 3.8) is 0 Å². The zero-order valence-corrected chi connectivity index (χ0v) is 16.5. The lowest BCUT2D eigenvalue weighted by Gasteiger charge is -2.14. The van der Waals surface area contributed by atoms with Crippen LogP contribution in [0.1, 0.15) is 0 Å². The second kappa shape index (κ2) is 7.74. The van der Waals surface area contributed by atoms with E-state index in [1.165, 1.54) is 10.8 Å². The van der Waals surface area contributed by atoms with Crippen molar-refractivity contribution >= 4 is 45.1 Å². The van der Waals surface area contributed by atoms with Crippen LogP contribution in [0.15, 0.2) is 85.1 Å². The summed E-state index contributed by atoms with van der Waals surface area (Å²) in [6, 6.07) is 25.6. The van der Waals surface area contributed by atoms with Gasteiger partial charge in [0, 0.05) is 33.3 Å². The summed E-state index contributed by atoms with van der Waals surface area (Å²) in [5.74, 6) is -0.0258. The van der Waals surface area contributed by atoms with Gasteiger partial charge in [0.15, 0.2) is 12.7 Å². The number of pyridine rings is 1. The lowest BCUT2D eigenvalue weighted by atomic mass is 10.2. The first-order valence-corrected chi connectivity index (χ1v) is 9.44. The van der Waals surface area contributed by atoms with E-state index in [-0.39, 0.29) is 18.2 Å². The lowest BCUT2D eigenvalue weighted by molar-refractivity contribution is -0.680. The number of rotatable bonds is 4. The predicted molar refractivity (Wildman–Crippen MR) is 116 cm³/mol. The van der Waals surface area contributed by atoms with Gasteiger partial charge in [-0.1, -0.05) is 48.5 Å². The Morgan fingerprint density at radius 2 is 1.45 bits per heavy atom. The first-order valence-electron chi connectivity index (χ1n) is 9.44. The number of benzene rings is 3. The first kappa shape index (κ1) is 19.2. The van der Waals surface area contributed by atoms with Crippen LogP contribution in [0.2, 0.25) is 0 Å². The number of halogens is 1. The van der Waals surface area contributed by atoms with Crippen molar-refractivity contribution < 1.29 is 14.8 Å². The van der Waals surface area contributed by atoms with E-state index in [4.69, 9.17) is 0 Å². The highest BCUT2D eigenvalue weighted by atomic mass is 35.5. The topological polar surface area (TPSA) is 52.1 Å². The molecule has 0 radical (unpaired) electrons. The fraction of sp³-hybridized carbons (Fsp3) is 0.125. The van der Waals surface area contributed by atoms with Crippen LogP contribution in [0.5, 0.6) is 5.75 Å². The molecule has 146 valence electrons. The number of fused-ring (bicyclic) bond motifs is 4. The fourth-order valence-electron chi connectivity index (χ4n) is 4.15. The van der Waals surface area contributed by atoms with Crippen LogP contribution in [0.4, 0.5) is 0 Å². The minimum atomic E-state index is -0.630. The molecule has 0 saturated carbocycles. The largest absolute Gasteiger partial charge is 0.868 e. The summed E-state index contributed by atoms with van der Waals surface area (Å²) in [4.78, 5) is 0. The molecule has 0 aliphatic carbocycles. The van der Waals surface area contributed by atoms with Gasteiger partial charge in [0.2, 0.25) is 5.52 Å². The molecule has 5 rings (SSSR count). The average Bonchev–Trinajstić information content (AvgIpc) is 3.02. The summed E-state index contributed by atoms with van der Waals surface area (Å²) in [5, 5.41) is 26.5. The van der Waals surface area contributed by atoms with Crippen molar-refractivity contribution in [2.45, 2.75) is 19.2 Å². The third kappa shape index (κ3) is 3.31. The minimum Gasteiger partial charge on any atom is -0.868 e. The Morgan fingerprint density at radius 3 is 2.14 bits per heavy atom. The molecule has 2 aromatic heterocycles. The molecular formula is C24H21ClN2O2. The molecule has 0 spiro atoms. The number of para-hydroxylation sites is 3. The van der Waals surface area contributed by atoms with Crippen LogP contribution in [-0.2, 0) is 13.1 Å². The summed E-state index contributed by atoms with van der Waals surface area (Å²) >= 11 is 0. The first-order chi connectivity index (χ1) is 13.7. The lowest BCUT2D eigenvalue weighted by Crippen LogP contribution is -2.42. The quantitative estimate of drug-likeness (QED) is 0.463. The Bertz CT molecular complexity index is 1250. The molecule has 0 bridgehead atoms. The molecule has 1 atom stereocenters. The second-order valence-electron chi connectivity index (χ2n) is 7.15. The highest BCUT2D eigenvalue weighted by Gasteiger charge is 2.18. The summed E-state index contributed by atoms with van der Waals surface area (Å²) in [5.41, 5.74) is 2.84. The zero-order valence-electron chi connectivity index (χ0n) is 15.7. The number of hydrogen-bond acceptors (Lipinski definition) is 2. The van der Waals surface area contributed by atoms with Gasteiger partial charge in [-0.2, -0.15) is 4.57 Å². The van der Waals surface area contributed by atoms with Gasteiger partial charge in [-0.3, -0.25) is 0 Å². The van der Waals surface area contributed by atoms with Crippen LogP contribution in [0.25, 0.3) is 32.7 Å². The van der Waals surface area contributed by atoms with E-state index in [9.17, 15) is 10.2 Å². The van der Waals surface area contributed by atoms with E-state index in [0.29, 0.717) is 18.6 Å². The maximum atomic E-state index is 12.3. The van der Waals surface area contributed by atoms with Gasteiger partial charge in [0.1, 0.15) is 6.10 Å². The number of aliphatic hydroxyl groups is 1. The Labute approximate surface area is 174 Å². The molecule has 1 unspecified atom stereocenters. The van der Waals surface area contributed by atoms with Gasteiger partial charge >= 0.3 is 0 Å². The summed E-state index contributed by atoms with van der Waals surface area (Å²) in [6.45, 7) is 0.815. The second-order valence-corrected chi connectivity index (χ2v) is 7.15. The van der Waals surface area contributed by atoms with Crippen LogP contribution in [-0.4, -0.2) is 15.8 Å². The van der Waals surface area contributed by atoms with Crippen molar-refractivity contribution in [1.29, 1.82) is 0 Å². The summed E-state index contributed by atoms with van der Waals surface area (Å²) in [7, 11) is 0. The molecule has 0 fully saturated rings. The molecule has 5 heteroatoms. The molecule has 0 saturated heterocycles. The minimum absolute atomic E-state index is 0. The smallest absolute Gasteiger partial charge is 0.204 e. The van der Waals surface area contributed by atoms with E-state index >= 15 is 0 Å². The van der Waals surface area contributed by atoms with Gasteiger partial charge in [0.25, 0.3) is 0 Å². The number of aliphatic hydroxyl groups excluding tert-OH is 1. The molecule has 3 aromatic carbocycles. The molecule has 1 N–H and O–H groups in total. The highest BCUT2D eigenvalue weighted by molar-refractivity contribution is 6.07. The van der Waals surface area contributed by atoms with E-state index in [1.807, 2.05) is 53.2 Å². The predicted octanol–water partition coefficient (Wildman–Crippen LogP) is 3.79. The molecular weight excluding hydrogens is 384 g/mol. The maximum absolute atomic E-state index is 12.3. The zero-order chi connectivity index (χ0) is 19.1. The molecule has 4 nitrogen and oxygen atoms in total. The average molecular weight is 405 g/mol. The standard InChI is InChI=1S/C24H20N2O2.ClH/c27-18(15-25-14-6-8-17-7-5-13-23(28)24(17)25)16-26-21-11-3-1-9-19(21)20-10-2-4-12-22(20)26;/h1-14,18,27H,15-16H2;1H. The van der Waals surface area contributed by atoms with Crippen molar-refractivity contribution in [2.75, 3.05) is 0 Å². The van der Waals surface area contributed by atoms with Crippen molar-refractivity contribution in [2.24, 2.45) is 0 Å². The third-order valence-corrected chi connectivity index (χ3v) is 5.34. The van der Waals surface area contributed by atoms with Crippen LogP contribution in [0, 0.1) is 0 Å². The van der Waals surface area contributed by atoms with Crippen LogP contribution >= 0.6 is 12.4 Å². The Balaban J connectivity index is 0.00000205. The van der Waals surface area contributed by atoms with E-state index < -0.39 is 6.10 Å². The Hall–Kier alpha value is -3.08. The molecule has 0 aliphatic heterocycles. The van der Waals surface area contributed by atoms with Gasteiger partial charge < -0.3 is 14.8 Å². The molecule has 29 heavy (non-hydrogen) atoms. The van der Waals surface area contributed by atoms with E-state index in [2.05, 4.69) is 28.8 Å². The van der Waals surface area contributed by atoms with Crippen molar-refractivity contribution in [3.05, 3.63) is 85.1 Å². The molecule has 2 heterocycles. The monoisotopic (exact) mass is 404 g/mol. The fourth-order valence-corrected chi connectivity index (χ4v) is 4.15. The van der Waals surface area contributed by atoms with Crippen LogP contribution in [0.3, 0.4) is 0 Å². The third-order valence-electron chi connectivity index (χ3n) is 5.34. The van der Waals surface area contributed by atoms with Gasteiger partial charge in [-0.25, -0.2) is 0 Å². The SMILES string of the molecule is Cl.[O-]c1cccc2ccc[n+](CC(O)Cn3c4ccccc4c4ccccc43)c12. The Kier molecular flexibility index (Phi) is 5.14. The van der Waals surface area contributed by atoms with E-state index in [1.54, 1.807) is 12.1 Å². The number of hydrogen-bond donors (Lipinski definition) is 1. The van der Waals surface area contributed by atoms with E-state index in [0.717, 1.165) is 16.4 Å². The molecule has 0 aliphatic rings. The number of nitrogens with zero attached hydrogens (tertiary/aromatic N) is 2.